The van der Waals surface area contributed by atoms with Crippen LogP contribution in [0.15, 0.2) is 0 Å². The molecule has 0 radical (unpaired) electrons. The van der Waals surface area contributed by atoms with Crippen molar-refractivity contribution in [1.82, 2.24) is 5.32 Å². The zero-order valence-corrected chi connectivity index (χ0v) is 10.8. The van der Waals surface area contributed by atoms with Crippen molar-refractivity contribution >= 4 is 5.91 Å². The molecule has 0 aliphatic rings. The van der Waals surface area contributed by atoms with E-state index in [4.69, 9.17) is 10.5 Å². The van der Waals surface area contributed by atoms with Crippen molar-refractivity contribution in [3.63, 3.8) is 0 Å². The second kappa shape index (κ2) is 8.53. The number of ether oxygens (including phenoxy) is 1. The van der Waals surface area contributed by atoms with Crippen LogP contribution < -0.4 is 11.1 Å². The Hall–Kier alpha value is -0.610. The van der Waals surface area contributed by atoms with E-state index in [0.29, 0.717) is 13.2 Å². The largest absolute Gasteiger partial charge is 0.379 e. The Bertz CT molecular complexity index is 197. The fourth-order valence-electron chi connectivity index (χ4n) is 1.35. The van der Waals surface area contributed by atoms with Crippen molar-refractivity contribution < 1.29 is 9.53 Å². The van der Waals surface area contributed by atoms with Crippen LogP contribution in [-0.4, -0.2) is 31.7 Å². The van der Waals surface area contributed by atoms with E-state index in [1.54, 1.807) is 14.0 Å². The van der Waals surface area contributed by atoms with Gasteiger partial charge in [-0.2, -0.15) is 0 Å². The van der Waals surface area contributed by atoms with Crippen molar-refractivity contribution in [3.05, 3.63) is 0 Å². The standard InChI is InChI=1S/C12H26N2O2/c1-4-5-6-7-8-9-16-10-12(2,14-3)11(13)15/h14H,4-10H2,1-3H3,(H2,13,15). The quantitative estimate of drug-likeness (QED) is 0.558. The maximum Gasteiger partial charge on any atom is 0.239 e. The first-order valence-corrected chi connectivity index (χ1v) is 6.13. The zero-order valence-electron chi connectivity index (χ0n) is 10.8. The molecule has 3 N–H and O–H groups in total. The Morgan fingerprint density at radius 3 is 2.44 bits per heavy atom. The Kier molecular flexibility index (Phi) is 8.21. The average molecular weight is 230 g/mol. The van der Waals surface area contributed by atoms with Crippen LogP contribution in [0.5, 0.6) is 0 Å². The van der Waals surface area contributed by atoms with Gasteiger partial charge in [-0.05, 0) is 20.4 Å². The fourth-order valence-corrected chi connectivity index (χ4v) is 1.35. The maximum atomic E-state index is 11.1. The van der Waals surface area contributed by atoms with E-state index in [1.165, 1.54) is 25.7 Å². The van der Waals surface area contributed by atoms with Gasteiger partial charge >= 0.3 is 0 Å². The lowest BCUT2D eigenvalue weighted by molar-refractivity contribution is -0.126. The Balaban J connectivity index is 3.53. The lowest BCUT2D eigenvalue weighted by Crippen LogP contribution is -2.54. The number of nitrogens with two attached hydrogens (primary N) is 1. The molecule has 0 aromatic carbocycles. The molecule has 1 unspecified atom stereocenters. The van der Waals surface area contributed by atoms with E-state index >= 15 is 0 Å². The van der Waals surface area contributed by atoms with Gasteiger partial charge in [0.2, 0.25) is 5.91 Å². The number of rotatable bonds is 10. The Morgan fingerprint density at radius 1 is 1.31 bits per heavy atom. The summed E-state index contributed by atoms with van der Waals surface area (Å²) in [4.78, 5) is 11.1. The maximum absolute atomic E-state index is 11.1. The van der Waals surface area contributed by atoms with E-state index in [1.807, 2.05) is 0 Å². The van der Waals surface area contributed by atoms with Crippen molar-refractivity contribution in [1.29, 1.82) is 0 Å². The van der Waals surface area contributed by atoms with Gasteiger partial charge in [-0.1, -0.05) is 32.6 Å². The predicted molar refractivity (Wildman–Crippen MR) is 66.2 cm³/mol. The second-order valence-electron chi connectivity index (χ2n) is 4.41. The van der Waals surface area contributed by atoms with E-state index in [-0.39, 0.29) is 5.91 Å². The van der Waals surface area contributed by atoms with E-state index < -0.39 is 5.54 Å². The van der Waals surface area contributed by atoms with Gasteiger partial charge < -0.3 is 15.8 Å². The minimum Gasteiger partial charge on any atom is -0.379 e. The lowest BCUT2D eigenvalue weighted by Gasteiger charge is -2.25. The van der Waals surface area contributed by atoms with Crippen molar-refractivity contribution in [2.75, 3.05) is 20.3 Å². The molecule has 0 saturated heterocycles. The molecule has 0 aliphatic heterocycles. The fraction of sp³-hybridized carbons (Fsp3) is 0.917. The number of carbonyl (C=O) groups excluding carboxylic acids is 1. The molecule has 0 spiro atoms. The first-order valence-electron chi connectivity index (χ1n) is 6.13. The molecule has 0 aromatic heterocycles. The van der Waals surface area contributed by atoms with Crippen molar-refractivity contribution in [3.8, 4) is 0 Å². The minimum atomic E-state index is -0.747. The molecule has 96 valence electrons. The van der Waals surface area contributed by atoms with Gasteiger partial charge in [0.05, 0.1) is 6.61 Å². The Labute approximate surface area is 98.9 Å². The third-order valence-electron chi connectivity index (χ3n) is 2.88. The number of unbranched alkanes of at least 4 members (excludes halogenated alkanes) is 4. The lowest BCUT2D eigenvalue weighted by atomic mass is 10.0. The molecular weight excluding hydrogens is 204 g/mol. The van der Waals surface area contributed by atoms with Gasteiger partial charge in [-0.25, -0.2) is 0 Å². The predicted octanol–water partition coefficient (Wildman–Crippen LogP) is 1.44. The van der Waals surface area contributed by atoms with Crippen LogP contribution >= 0.6 is 0 Å². The van der Waals surface area contributed by atoms with Crippen LogP contribution in [0.4, 0.5) is 0 Å². The van der Waals surface area contributed by atoms with Gasteiger partial charge in [-0.15, -0.1) is 0 Å². The third kappa shape index (κ3) is 6.08. The Morgan fingerprint density at radius 2 is 1.94 bits per heavy atom. The van der Waals surface area contributed by atoms with Crippen molar-refractivity contribution in [2.45, 2.75) is 51.5 Å². The highest BCUT2D eigenvalue weighted by molar-refractivity contribution is 5.84. The molecule has 16 heavy (non-hydrogen) atoms. The molecule has 0 bridgehead atoms. The number of hydrogen-bond donors (Lipinski definition) is 2. The SMILES string of the molecule is CCCCCCCOCC(C)(NC)C(N)=O. The topological polar surface area (TPSA) is 64.3 Å². The summed E-state index contributed by atoms with van der Waals surface area (Å²) in [5.41, 5.74) is 4.53. The third-order valence-corrected chi connectivity index (χ3v) is 2.88. The van der Waals surface area contributed by atoms with Crippen LogP contribution in [0.3, 0.4) is 0 Å². The zero-order chi connectivity index (χ0) is 12.4. The first-order chi connectivity index (χ1) is 7.56. The van der Waals surface area contributed by atoms with Crippen LogP contribution in [0.2, 0.25) is 0 Å². The number of hydrogen-bond acceptors (Lipinski definition) is 3. The molecule has 1 atom stereocenters. The number of nitrogens with one attached hydrogen (secondary N) is 1. The van der Waals surface area contributed by atoms with Crippen LogP contribution in [-0.2, 0) is 9.53 Å². The average Bonchev–Trinajstić information content (AvgIpc) is 2.27. The number of amides is 1. The molecular formula is C12H26N2O2. The molecule has 0 fully saturated rings. The second-order valence-corrected chi connectivity index (χ2v) is 4.41. The van der Waals surface area contributed by atoms with E-state index in [9.17, 15) is 4.79 Å². The van der Waals surface area contributed by atoms with Gasteiger partial charge in [0.25, 0.3) is 0 Å². The van der Waals surface area contributed by atoms with Gasteiger partial charge in [-0.3, -0.25) is 4.79 Å². The molecule has 0 heterocycles. The summed E-state index contributed by atoms with van der Waals surface area (Å²) in [6, 6.07) is 0. The number of carbonyl (C=O) groups is 1. The normalized spacial score (nSPS) is 14.7. The monoisotopic (exact) mass is 230 g/mol. The highest BCUT2D eigenvalue weighted by Crippen LogP contribution is 2.05. The van der Waals surface area contributed by atoms with Gasteiger partial charge in [0, 0.05) is 6.61 Å². The van der Waals surface area contributed by atoms with Crippen LogP contribution in [0.1, 0.15) is 46.0 Å². The highest BCUT2D eigenvalue weighted by Gasteiger charge is 2.28. The van der Waals surface area contributed by atoms with Crippen LogP contribution in [0, 0.1) is 0 Å². The summed E-state index contributed by atoms with van der Waals surface area (Å²) in [7, 11) is 1.72. The summed E-state index contributed by atoms with van der Waals surface area (Å²) >= 11 is 0. The molecule has 4 heteroatoms. The van der Waals surface area contributed by atoms with E-state index in [2.05, 4.69) is 12.2 Å². The molecule has 4 nitrogen and oxygen atoms in total. The minimum absolute atomic E-state index is 0.340. The molecule has 0 aliphatic carbocycles. The molecule has 0 aromatic rings. The summed E-state index contributed by atoms with van der Waals surface area (Å²) < 4.78 is 5.47. The summed E-state index contributed by atoms with van der Waals surface area (Å²) in [5, 5.41) is 2.89. The summed E-state index contributed by atoms with van der Waals surface area (Å²) in [5.74, 6) is -0.374. The first kappa shape index (κ1) is 15.4. The molecule has 0 saturated carbocycles. The summed E-state index contributed by atoms with van der Waals surface area (Å²) in [6.07, 6.45) is 6.05. The van der Waals surface area contributed by atoms with Gasteiger partial charge in [0.1, 0.15) is 5.54 Å². The molecule has 0 rings (SSSR count). The number of primary amides is 1. The van der Waals surface area contributed by atoms with Gasteiger partial charge in [0.15, 0.2) is 0 Å². The summed E-state index contributed by atoms with van der Waals surface area (Å²) in [6.45, 7) is 5.00. The van der Waals surface area contributed by atoms with Crippen molar-refractivity contribution in [2.24, 2.45) is 5.73 Å². The highest BCUT2D eigenvalue weighted by atomic mass is 16.5. The van der Waals surface area contributed by atoms with Crippen LogP contribution in [0.25, 0.3) is 0 Å². The van der Waals surface area contributed by atoms with E-state index in [0.717, 1.165) is 6.42 Å². The smallest absolute Gasteiger partial charge is 0.239 e. The molecule has 1 amide bonds. The number of likely N-dealkylation sites (N-methyl/N-ethyl adjacent to an activating group) is 1.